The maximum atomic E-state index is 10.9. The van der Waals surface area contributed by atoms with Crippen molar-refractivity contribution in [3.8, 4) is 5.75 Å². The van der Waals surface area contributed by atoms with E-state index in [1.807, 2.05) is 31.2 Å². The third-order valence-corrected chi connectivity index (χ3v) is 4.36. The average Bonchev–Trinajstić information content (AvgIpc) is 3.17. The smallest absolute Gasteiger partial charge is 0.119 e. The molecule has 1 saturated carbocycles. The second kappa shape index (κ2) is 4.80. The van der Waals surface area contributed by atoms with Gasteiger partial charge in [0.1, 0.15) is 11.4 Å². The highest BCUT2D eigenvalue weighted by Gasteiger charge is 2.46. The minimum atomic E-state index is -0.688. The van der Waals surface area contributed by atoms with Gasteiger partial charge in [-0.25, -0.2) is 0 Å². The number of β-amino-alcohol motifs (C(OH)–C–C–N with tert-alkyl or cyclic N) is 1. The fourth-order valence-corrected chi connectivity index (χ4v) is 3.26. The van der Waals surface area contributed by atoms with Crippen LogP contribution in [0, 0.1) is 0 Å². The molecular weight excluding hydrogens is 238 g/mol. The van der Waals surface area contributed by atoms with Crippen LogP contribution in [0.5, 0.6) is 5.75 Å². The van der Waals surface area contributed by atoms with E-state index in [4.69, 9.17) is 4.74 Å². The Labute approximate surface area is 115 Å². The topological polar surface area (TPSA) is 32.7 Å². The molecule has 3 nitrogen and oxygen atoms in total. The quantitative estimate of drug-likeness (QED) is 0.904. The molecule has 2 fully saturated rings. The molecule has 2 aliphatic rings. The highest BCUT2D eigenvalue weighted by atomic mass is 16.5. The summed E-state index contributed by atoms with van der Waals surface area (Å²) < 4.78 is 5.45. The second-order valence-electron chi connectivity index (χ2n) is 5.95. The van der Waals surface area contributed by atoms with Gasteiger partial charge in [0.05, 0.1) is 6.61 Å². The Balaban J connectivity index is 1.76. The van der Waals surface area contributed by atoms with E-state index < -0.39 is 5.60 Å². The first-order valence-electron chi connectivity index (χ1n) is 7.34. The maximum absolute atomic E-state index is 10.9. The van der Waals surface area contributed by atoms with Crippen molar-refractivity contribution in [2.45, 2.75) is 50.8 Å². The number of benzene rings is 1. The lowest BCUT2D eigenvalue weighted by Crippen LogP contribution is -2.33. The van der Waals surface area contributed by atoms with Gasteiger partial charge in [-0.15, -0.1) is 0 Å². The minimum Gasteiger partial charge on any atom is -0.494 e. The van der Waals surface area contributed by atoms with Gasteiger partial charge >= 0.3 is 0 Å². The van der Waals surface area contributed by atoms with E-state index >= 15 is 0 Å². The molecule has 0 radical (unpaired) electrons. The molecule has 0 aromatic heterocycles. The van der Waals surface area contributed by atoms with Gasteiger partial charge in [0, 0.05) is 18.6 Å². The van der Waals surface area contributed by atoms with E-state index in [1.54, 1.807) is 0 Å². The number of aliphatic hydroxyl groups is 1. The zero-order valence-electron chi connectivity index (χ0n) is 11.8. The molecule has 3 heteroatoms. The monoisotopic (exact) mass is 261 g/mol. The summed E-state index contributed by atoms with van der Waals surface area (Å²) in [6.07, 6.45) is 3.42. The van der Waals surface area contributed by atoms with E-state index in [1.165, 1.54) is 12.8 Å². The fraction of sp³-hybridized carbons (Fsp3) is 0.625. The predicted molar refractivity (Wildman–Crippen MR) is 75.3 cm³/mol. The summed E-state index contributed by atoms with van der Waals surface area (Å²) >= 11 is 0. The van der Waals surface area contributed by atoms with Crippen molar-refractivity contribution in [2.75, 3.05) is 13.2 Å². The summed E-state index contributed by atoms with van der Waals surface area (Å²) in [4.78, 5) is 2.47. The molecule has 1 N–H and O–H groups in total. The lowest BCUT2D eigenvalue weighted by molar-refractivity contribution is 0.0451. The van der Waals surface area contributed by atoms with Crippen LogP contribution in [0.1, 0.15) is 38.7 Å². The van der Waals surface area contributed by atoms with Crippen molar-refractivity contribution in [2.24, 2.45) is 0 Å². The molecule has 0 bridgehead atoms. The van der Waals surface area contributed by atoms with E-state index in [-0.39, 0.29) is 0 Å². The number of rotatable bonds is 4. The molecule has 0 spiro atoms. The number of likely N-dealkylation sites (tertiary alicyclic amines) is 1. The standard InChI is InChI=1S/C16H23NO2/c1-3-19-15-8-4-13(5-9-15)16(18)10-12(2)17(11-16)14-6-7-14/h4-5,8-9,12,14,18H,3,6-7,10-11H2,1-2H3. The van der Waals surface area contributed by atoms with Gasteiger partial charge in [0.2, 0.25) is 0 Å². The molecule has 104 valence electrons. The maximum Gasteiger partial charge on any atom is 0.119 e. The second-order valence-corrected chi connectivity index (χ2v) is 5.95. The molecule has 1 aromatic rings. The Bertz CT molecular complexity index is 441. The molecule has 0 amide bonds. The molecule has 2 unspecified atom stereocenters. The van der Waals surface area contributed by atoms with Gasteiger partial charge in [-0.05, 0) is 50.8 Å². The third-order valence-electron chi connectivity index (χ3n) is 4.36. The van der Waals surface area contributed by atoms with Crippen molar-refractivity contribution >= 4 is 0 Å². The van der Waals surface area contributed by atoms with Crippen LogP contribution in [-0.4, -0.2) is 35.2 Å². The van der Waals surface area contributed by atoms with Gasteiger partial charge in [0.25, 0.3) is 0 Å². The zero-order valence-corrected chi connectivity index (χ0v) is 11.8. The van der Waals surface area contributed by atoms with E-state index in [0.717, 1.165) is 24.3 Å². The Kier molecular flexibility index (Phi) is 3.27. The van der Waals surface area contributed by atoms with Crippen molar-refractivity contribution in [3.05, 3.63) is 29.8 Å². The van der Waals surface area contributed by atoms with E-state index in [0.29, 0.717) is 18.7 Å². The molecule has 1 aliphatic heterocycles. The van der Waals surface area contributed by atoms with Crippen molar-refractivity contribution in [3.63, 3.8) is 0 Å². The van der Waals surface area contributed by atoms with Crippen molar-refractivity contribution in [1.29, 1.82) is 0 Å². The number of hydrogen-bond acceptors (Lipinski definition) is 3. The summed E-state index contributed by atoms with van der Waals surface area (Å²) in [7, 11) is 0. The minimum absolute atomic E-state index is 0.476. The van der Waals surface area contributed by atoms with Crippen LogP contribution in [0.25, 0.3) is 0 Å². The Morgan fingerprint density at radius 1 is 1.32 bits per heavy atom. The van der Waals surface area contributed by atoms with Crippen LogP contribution in [0.4, 0.5) is 0 Å². The SMILES string of the molecule is CCOc1ccc(C2(O)CC(C)N(C3CC3)C2)cc1. The predicted octanol–water partition coefficient (Wildman–Crippen LogP) is 2.53. The summed E-state index contributed by atoms with van der Waals surface area (Å²) in [5, 5.41) is 10.9. The summed E-state index contributed by atoms with van der Waals surface area (Å²) in [5.41, 5.74) is 0.332. The van der Waals surface area contributed by atoms with E-state index in [9.17, 15) is 5.11 Å². The first-order valence-corrected chi connectivity index (χ1v) is 7.34. The van der Waals surface area contributed by atoms with Crippen LogP contribution in [0.2, 0.25) is 0 Å². The van der Waals surface area contributed by atoms with Crippen LogP contribution >= 0.6 is 0 Å². The first kappa shape index (κ1) is 12.9. The zero-order chi connectivity index (χ0) is 13.5. The molecule has 1 aromatic carbocycles. The van der Waals surface area contributed by atoms with Crippen molar-refractivity contribution < 1.29 is 9.84 Å². The van der Waals surface area contributed by atoms with Crippen LogP contribution in [0.15, 0.2) is 24.3 Å². The number of hydrogen-bond donors (Lipinski definition) is 1. The highest BCUT2D eigenvalue weighted by molar-refractivity contribution is 5.32. The first-order chi connectivity index (χ1) is 9.12. The van der Waals surface area contributed by atoms with Gasteiger partial charge in [-0.1, -0.05) is 12.1 Å². The average molecular weight is 261 g/mol. The molecule has 1 saturated heterocycles. The molecular formula is C16H23NO2. The Hall–Kier alpha value is -1.06. The van der Waals surface area contributed by atoms with Gasteiger partial charge in [0.15, 0.2) is 0 Å². The Morgan fingerprint density at radius 3 is 2.58 bits per heavy atom. The normalized spacial score (nSPS) is 31.6. The largest absolute Gasteiger partial charge is 0.494 e. The summed E-state index contributed by atoms with van der Waals surface area (Å²) in [5.74, 6) is 0.875. The fourth-order valence-electron chi connectivity index (χ4n) is 3.26. The highest BCUT2D eigenvalue weighted by Crippen LogP contribution is 2.41. The van der Waals surface area contributed by atoms with Crippen molar-refractivity contribution in [1.82, 2.24) is 4.90 Å². The number of ether oxygens (including phenoxy) is 1. The van der Waals surface area contributed by atoms with Crippen LogP contribution in [-0.2, 0) is 5.60 Å². The lowest BCUT2D eigenvalue weighted by atomic mass is 9.91. The van der Waals surface area contributed by atoms with Crippen LogP contribution < -0.4 is 4.74 Å². The summed E-state index contributed by atoms with van der Waals surface area (Å²) in [6.45, 7) is 5.65. The third kappa shape index (κ3) is 2.49. The van der Waals surface area contributed by atoms with Gasteiger partial charge in [-0.2, -0.15) is 0 Å². The Morgan fingerprint density at radius 2 is 2.00 bits per heavy atom. The van der Waals surface area contributed by atoms with Gasteiger partial charge < -0.3 is 9.84 Å². The molecule has 19 heavy (non-hydrogen) atoms. The summed E-state index contributed by atoms with van der Waals surface area (Å²) in [6, 6.07) is 9.13. The van der Waals surface area contributed by atoms with E-state index in [2.05, 4.69) is 11.8 Å². The lowest BCUT2D eigenvalue weighted by Gasteiger charge is -2.24. The number of nitrogens with zero attached hydrogens (tertiary/aromatic N) is 1. The molecule has 1 heterocycles. The molecule has 2 atom stereocenters. The molecule has 1 aliphatic carbocycles. The van der Waals surface area contributed by atoms with Crippen LogP contribution in [0.3, 0.4) is 0 Å². The van der Waals surface area contributed by atoms with Gasteiger partial charge in [-0.3, -0.25) is 4.90 Å². The molecule has 3 rings (SSSR count).